The van der Waals surface area contributed by atoms with Gasteiger partial charge in [0.25, 0.3) is 11.8 Å². The Morgan fingerprint density at radius 3 is 2.26 bits per heavy atom. The Labute approximate surface area is 179 Å². The molecule has 3 aromatic carbocycles. The molecule has 0 bridgehead atoms. The van der Waals surface area contributed by atoms with E-state index in [1.54, 1.807) is 53.3 Å². The quantitative estimate of drug-likeness (QED) is 0.482. The van der Waals surface area contributed by atoms with Gasteiger partial charge < -0.3 is 15.8 Å². The van der Waals surface area contributed by atoms with Gasteiger partial charge in [-0.25, -0.2) is 4.68 Å². The van der Waals surface area contributed by atoms with Crippen molar-refractivity contribution in [2.75, 3.05) is 5.32 Å². The molecular weight excluding hydrogens is 392 g/mol. The monoisotopic (exact) mass is 412 g/mol. The number of hydrogen-bond acceptors (Lipinski definition) is 4. The lowest BCUT2D eigenvalue weighted by molar-refractivity contribution is 0.0993. The van der Waals surface area contributed by atoms with Crippen LogP contribution in [0.1, 0.15) is 26.4 Å². The molecular formula is C24H20N4O3. The summed E-state index contributed by atoms with van der Waals surface area (Å²) in [5.41, 5.74) is 8.32. The standard InChI is InChI=1S/C24H20N4O3/c25-23(29)22-14-15-28(27-22)20-12-10-19(11-13-20)26-24(30)18-8-6-17(7-9-18)16-31-21-4-2-1-3-5-21/h1-15H,16H2,(H2,25,29)(H,26,30). The first kappa shape index (κ1) is 19.9. The van der Waals surface area contributed by atoms with E-state index in [2.05, 4.69) is 10.4 Å². The normalized spacial score (nSPS) is 10.5. The van der Waals surface area contributed by atoms with Crippen molar-refractivity contribution >= 4 is 17.5 Å². The lowest BCUT2D eigenvalue weighted by atomic mass is 10.1. The number of amides is 2. The smallest absolute Gasteiger partial charge is 0.269 e. The summed E-state index contributed by atoms with van der Waals surface area (Å²) in [7, 11) is 0. The zero-order chi connectivity index (χ0) is 21.6. The zero-order valence-corrected chi connectivity index (χ0v) is 16.6. The van der Waals surface area contributed by atoms with Crippen LogP contribution in [-0.2, 0) is 6.61 Å². The van der Waals surface area contributed by atoms with Gasteiger partial charge in [-0.1, -0.05) is 30.3 Å². The van der Waals surface area contributed by atoms with Crippen LogP contribution in [0.15, 0.2) is 91.1 Å². The van der Waals surface area contributed by atoms with Crippen LogP contribution in [0.3, 0.4) is 0 Å². The summed E-state index contributed by atoms with van der Waals surface area (Å²) < 4.78 is 7.26. The number of aromatic nitrogens is 2. The highest BCUT2D eigenvalue weighted by atomic mass is 16.5. The maximum atomic E-state index is 12.5. The van der Waals surface area contributed by atoms with Crippen LogP contribution in [0.2, 0.25) is 0 Å². The van der Waals surface area contributed by atoms with E-state index < -0.39 is 5.91 Å². The first-order valence-electron chi connectivity index (χ1n) is 9.62. The Kier molecular flexibility index (Phi) is 5.75. The largest absolute Gasteiger partial charge is 0.489 e. The molecule has 1 heterocycles. The van der Waals surface area contributed by atoms with E-state index in [9.17, 15) is 9.59 Å². The van der Waals surface area contributed by atoms with Gasteiger partial charge >= 0.3 is 0 Å². The molecule has 0 saturated carbocycles. The van der Waals surface area contributed by atoms with Crippen LogP contribution in [0.25, 0.3) is 5.69 Å². The highest BCUT2D eigenvalue weighted by molar-refractivity contribution is 6.04. The highest BCUT2D eigenvalue weighted by Crippen LogP contribution is 2.16. The van der Waals surface area contributed by atoms with Gasteiger partial charge in [0.1, 0.15) is 18.1 Å². The molecule has 7 nitrogen and oxygen atoms in total. The van der Waals surface area contributed by atoms with Crippen LogP contribution in [-0.4, -0.2) is 21.6 Å². The van der Waals surface area contributed by atoms with Crippen molar-refractivity contribution in [1.82, 2.24) is 9.78 Å². The van der Waals surface area contributed by atoms with Crippen LogP contribution >= 0.6 is 0 Å². The van der Waals surface area contributed by atoms with E-state index in [1.807, 2.05) is 42.5 Å². The van der Waals surface area contributed by atoms with Gasteiger partial charge in [0.2, 0.25) is 0 Å². The Hall–Kier alpha value is -4.39. The number of rotatable bonds is 7. The van der Waals surface area contributed by atoms with E-state index in [4.69, 9.17) is 10.5 Å². The fourth-order valence-electron chi connectivity index (χ4n) is 2.94. The van der Waals surface area contributed by atoms with Crippen molar-refractivity contribution in [3.63, 3.8) is 0 Å². The molecule has 0 aliphatic rings. The minimum atomic E-state index is -0.583. The van der Waals surface area contributed by atoms with Gasteiger partial charge in [-0.15, -0.1) is 0 Å². The molecule has 0 saturated heterocycles. The first-order valence-corrected chi connectivity index (χ1v) is 9.62. The summed E-state index contributed by atoms with van der Waals surface area (Å²) in [6.45, 7) is 0.429. The second-order valence-electron chi connectivity index (χ2n) is 6.81. The minimum absolute atomic E-state index is 0.190. The molecule has 4 rings (SSSR count). The Morgan fingerprint density at radius 2 is 1.61 bits per heavy atom. The number of carbonyl (C=O) groups excluding carboxylic acids is 2. The molecule has 0 spiro atoms. The third-order valence-electron chi connectivity index (χ3n) is 4.60. The van der Waals surface area contributed by atoms with Gasteiger partial charge in [0, 0.05) is 17.4 Å². The highest BCUT2D eigenvalue weighted by Gasteiger charge is 2.08. The second kappa shape index (κ2) is 8.96. The van der Waals surface area contributed by atoms with Gasteiger partial charge in [-0.05, 0) is 60.2 Å². The second-order valence-corrected chi connectivity index (χ2v) is 6.81. The minimum Gasteiger partial charge on any atom is -0.489 e. The Balaban J connectivity index is 1.35. The third kappa shape index (κ3) is 4.97. The first-order chi connectivity index (χ1) is 15.1. The number of para-hydroxylation sites is 1. The summed E-state index contributed by atoms with van der Waals surface area (Å²) >= 11 is 0. The number of carbonyl (C=O) groups is 2. The van der Waals surface area contributed by atoms with E-state index in [1.165, 1.54) is 0 Å². The Morgan fingerprint density at radius 1 is 0.903 bits per heavy atom. The summed E-state index contributed by atoms with van der Waals surface area (Å²) in [4.78, 5) is 23.7. The number of nitrogens with two attached hydrogens (primary N) is 1. The maximum Gasteiger partial charge on any atom is 0.269 e. The van der Waals surface area contributed by atoms with Crippen molar-refractivity contribution in [2.45, 2.75) is 6.61 Å². The lowest BCUT2D eigenvalue weighted by Gasteiger charge is -2.09. The van der Waals surface area contributed by atoms with Gasteiger partial charge in [0.15, 0.2) is 0 Å². The van der Waals surface area contributed by atoms with Crippen LogP contribution in [0, 0.1) is 0 Å². The fraction of sp³-hybridized carbons (Fsp3) is 0.0417. The number of nitrogens with zero attached hydrogens (tertiary/aromatic N) is 2. The SMILES string of the molecule is NC(=O)c1ccn(-c2ccc(NC(=O)c3ccc(COc4ccccc4)cc3)cc2)n1. The number of nitrogens with one attached hydrogen (secondary N) is 1. The predicted molar refractivity (Wildman–Crippen MR) is 117 cm³/mol. The van der Waals surface area contributed by atoms with Crippen molar-refractivity contribution in [1.29, 1.82) is 0 Å². The average Bonchev–Trinajstić information content (AvgIpc) is 3.30. The maximum absolute atomic E-state index is 12.5. The fourth-order valence-corrected chi connectivity index (χ4v) is 2.94. The molecule has 154 valence electrons. The van der Waals surface area contributed by atoms with Gasteiger partial charge in [0.05, 0.1) is 5.69 Å². The van der Waals surface area contributed by atoms with E-state index in [0.29, 0.717) is 17.9 Å². The zero-order valence-electron chi connectivity index (χ0n) is 16.6. The number of ether oxygens (including phenoxy) is 1. The Bertz CT molecular complexity index is 1180. The average molecular weight is 412 g/mol. The summed E-state index contributed by atoms with van der Waals surface area (Å²) in [6, 6.07) is 25.5. The van der Waals surface area contributed by atoms with Crippen LogP contribution in [0.5, 0.6) is 5.75 Å². The van der Waals surface area contributed by atoms with Crippen molar-refractivity contribution in [2.24, 2.45) is 5.73 Å². The molecule has 3 N–H and O–H groups in total. The van der Waals surface area contributed by atoms with Crippen molar-refractivity contribution < 1.29 is 14.3 Å². The van der Waals surface area contributed by atoms with Crippen LogP contribution < -0.4 is 15.8 Å². The molecule has 0 aliphatic carbocycles. The number of hydrogen-bond donors (Lipinski definition) is 2. The van der Waals surface area contributed by atoms with E-state index in [0.717, 1.165) is 17.0 Å². The van der Waals surface area contributed by atoms with Gasteiger partial charge in [-0.2, -0.15) is 5.10 Å². The lowest BCUT2D eigenvalue weighted by Crippen LogP contribution is -2.12. The molecule has 1 aromatic heterocycles. The van der Waals surface area contributed by atoms with Crippen LogP contribution in [0.4, 0.5) is 5.69 Å². The summed E-state index contributed by atoms with van der Waals surface area (Å²) in [6.07, 6.45) is 1.65. The van der Waals surface area contributed by atoms with Crippen molar-refractivity contribution in [3.05, 3.63) is 108 Å². The molecule has 7 heteroatoms. The molecule has 4 aromatic rings. The molecule has 31 heavy (non-hydrogen) atoms. The molecule has 2 amide bonds. The summed E-state index contributed by atoms with van der Waals surface area (Å²) in [5.74, 6) is 0.00684. The summed E-state index contributed by atoms with van der Waals surface area (Å²) in [5, 5.41) is 6.97. The molecule has 0 fully saturated rings. The van der Waals surface area contributed by atoms with Crippen molar-refractivity contribution in [3.8, 4) is 11.4 Å². The number of benzene rings is 3. The number of anilines is 1. The third-order valence-corrected chi connectivity index (χ3v) is 4.60. The molecule has 0 radical (unpaired) electrons. The molecule has 0 atom stereocenters. The molecule has 0 aliphatic heterocycles. The predicted octanol–water partition coefficient (Wildman–Crippen LogP) is 3.80. The van der Waals surface area contributed by atoms with Gasteiger partial charge in [-0.3, -0.25) is 9.59 Å². The van der Waals surface area contributed by atoms with E-state index in [-0.39, 0.29) is 11.6 Å². The molecule has 0 unspecified atom stereocenters. The number of primary amides is 1. The topological polar surface area (TPSA) is 99.2 Å². The van der Waals surface area contributed by atoms with E-state index >= 15 is 0 Å².